The summed E-state index contributed by atoms with van der Waals surface area (Å²) in [6.07, 6.45) is 3.47. The number of aromatic nitrogens is 2. The summed E-state index contributed by atoms with van der Waals surface area (Å²) in [4.78, 5) is 13.7. The Balaban J connectivity index is 2.04. The van der Waals surface area contributed by atoms with E-state index in [0.717, 1.165) is 38.4 Å². The Morgan fingerprint density at radius 2 is 2.14 bits per heavy atom. The lowest BCUT2D eigenvalue weighted by Crippen LogP contribution is -2.37. The van der Waals surface area contributed by atoms with E-state index < -0.39 is 5.97 Å². The van der Waals surface area contributed by atoms with Crippen LogP contribution in [0.3, 0.4) is 0 Å². The number of methoxy groups -OCH3 is 1. The summed E-state index contributed by atoms with van der Waals surface area (Å²) in [6, 6.07) is 3.54. The van der Waals surface area contributed by atoms with Crippen LogP contribution in [0.15, 0.2) is 12.1 Å². The van der Waals surface area contributed by atoms with Gasteiger partial charge in [0.2, 0.25) is 0 Å². The molecule has 0 aromatic carbocycles. The van der Waals surface area contributed by atoms with Crippen LogP contribution in [0.25, 0.3) is 0 Å². The smallest absolute Gasteiger partial charge is 0.358 e. The zero-order chi connectivity index (χ0) is 15.1. The molecule has 0 radical (unpaired) electrons. The SMILES string of the molecule is CCCN(CC1CCNCC1)c1ccc(C(=O)OC)nn1. The summed E-state index contributed by atoms with van der Waals surface area (Å²) in [6.45, 7) is 6.30. The lowest BCUT2D eigenvalue weighted by atomic mass is 9.97. The predicted molar refractivity (Wildman–Crippen MR) is 81.5 cm³/mol. The Morgan fingerprint density at radius 1 is 1.38 bits per heavy atom. The molecule has 1 aromatic heterocycles. The molecule has 2 rings (SSSR count). The highest BCUT2D eigenvalue weighted by Gasteiger charge is 2.18. The summed E-state index contributed by atoms with van der Waals surface area (Å²) in [7, 11) is 1.35. The maximum atomic E-state index is 11.4. The Kier molecular flexibility index (Phi) is 5.92. The van der Waals surface area contributed by atoms with Crippen LogP contribution in [0.2, 0.25) is 0 Å². The molecule has 1 fully saturated rings. The molecular weight excluding hydrogens is 268 g/mol. The average molecular weight is 292 g/mol. The monoisotopic (exact) mass is 292 g/mol. The fraction of sp³-hybridized carbons (Fsp3) is 0.667. The second-order valence-electron chi connectivity index (χ2n) is 5.41. The molecule has 1 aliphatic rings. The van der Waals surface area contributed by atoms with E-state index in [1.165, 1.54) is 20.0 Å². The van der Waals surface area contributed by atoms with Crippen LogP contribution in [0, 0.1) is 5.92 Å². The van der Waals surface area contributed by atoms with Gasteiger partial charge in [0, 0.05) is 13.1 Å². The first kappa shape index (κ1) is 15.7. The molecule has 21 heavy (non-hydrogen) atoms. The molecule has 1 N–H and O–H groups in total. The van der Waals surface area contributed by atoms with Crippen LogP contribution in [0.1, 0.15) is 36.7 Å². The average Bonchev–Trinajstić information content (AvgIpc) is 2.55. The maximum absolute atomic E-state index is 11.4. The van der Waals surface area contributed by atoms with E-state index in [1.807, 2.05) is 6.07 Å². The molecule has 0 spiro atoms. The summed E-state index contributed by atoms with van der Waals surface area (Å²) in [5.74, 6) is 1.08. The highest BCUT2D eigenvalue weighted by Crippen LogP contribution is 2.18. The largest absolute Gasteiger partial charge is 0.464 e. The molecule has 0 bridgehead atoms. The number of nitrogens with one attached hydrogen (secondary N) is 1. The number of piperidine rings is 1. The van der Waals surface area contributed by atoms with E-state index in [4.69, 9.17) is 0 Å². The van der Waals surface area contributed by atoms with Crippen molar-refractivity contribution in [2.45, 2.75) is 26.2 Å². The van der Waals surface area contributed by atoms with Gasteiger partial charge in [0.25, 0.3) is 0 Å². The van der Waals surface area contributed by atoms with E-state index >= 15 is 0 Å². The Hall–Kier alpha value is -1.69. The molecule has 6 nitrogen and oxygen atoms in total. The van der Waals surface area contributed by atoms with E-state index in [0.29, 0.717) is 5.92 Å². The minimum Gasteiger partial charge on any atom is -0.464 e. The summed E-state index contributed by atoms with van der Waals surface area (Å²) < 4.78 is 4.64. The third kappa shape index (κ3) is 4.39. The quantitative estimate of drug-likeness (QED) is 0.801. The highest BCUT2D eigenvalue weighted by molar-refractivity contribution is 5.86. The van der Waals surface area contributed by atoms with Crippen molar-refractivity contribution in [3.8, 4) is 0 Å². The van der Waals surface area contributed by atoms with Gasteiger partial charge in [-0.3, -0.25) is 0 Å². The zero-order valence-electron chi connectivity index (χ0n) is 12.8. The third-order valence-corrected chi connectivity index (χ3v) is 3.80. The Morgan fingerprint density at radius 3 is 2.71 bits per heavy atom. The van der Waals surface area contributed by atoms with Gasteiger partial charge >= 0.3 is 5.97 Å². The fourth-order valence-electron chi connectivity index (χ4n) is 2.65. The number of esters is 1. The first-order valence-electron chi connectivity index (χ1n) is 7.62. The van der Waals surface area contributed by atoms with Crippen molar-refractivity contribution in [2.24, 2.45) is 5.92 Å². The van der Waals surface area contributed by atoms with Crippen molar-refractivity contribution in [3.63, 3.8) is 0 Å². The first-order chi connectivity index (χ1) is 10.2. The number of anilines is 1. The molecule has 0 aliphatic carbocycles. The third-order valence-electron chi connectivity index (χ3n) is 3.80. The van der Waals surface area contributed by atoms with Gasteiger partial charge in [-0.2, -0.15) is 0 Å². The molecular formula is C15H24N4O2. The maximum Gasteiger partial charge on any atom is 0.358 e. The van der Waals surface area contributed by atoms with Crippen LogP contribution in [-0.2, 0) is 4.74 Å². The number of hydrogen-bond donors (Lipinski definition) is 1. The van der Waals surface area contributed by atoms with Crippen LogP contribution in [0.4, 0.5) is 5.82 Å². The zero-order valence-corrected chi connectivity index (χ0v) is 12.8. The van der Waals surface area contributed by atoms with Crippen molar-refractivity contribution in [2.75, 3.05) is 38.2 Å². The molecule has 0 amide bonds. The standard InChI is InChI=1S/C15H24N4O2/c1-3-10-19(11-12-6-8-16-9-7-12)14-5-4-13(17-18-14)15(20)21-2/h4-5,12,16H,3,6-11H2,1-2H3. The lowest BCUT2D eigenvalue weighted by molar-refractivity contribution is 0.0592. The van der Waals surface area contributed by atoms with Crippen molar-refractivity contribution < 1.29 is 9.53 Å². The highest BCUT2D eigenvalue weighted by atomic mass is 16.5. The van der Waals surface area contributed by atoms with Crippen molar-refractivity contribution >= 4 is 11.8 Å². The second kappa shape index (κ2) is 7.93. The molecule has 2 heterocycles. The van der Waals surface area contributed by atoms with E-state index in [2.05, 4.69) is 32.1 Å². The minimum atomic E-state index is -0.450. The summed E-state index contributed by atoms with van der Waals surface area (Å²) in [5.41, 5.74) is 0.250. The van der Waals surface area contributed by atoms with Crippen molar-refractivity contribution in [1.29, 1.82) is 0 Å². The van der Waals surface area contributed by atoms with Gasteiger partial charge in [0.1, 0.15) is 0 Å². The van der Waals surface area contributed by atoms with Gasteiger partial charge in [-0.15, -0.1) is 10.2 Å². The Labute approximate surface area is 125 Å². The van der Waals surface area contributed by atoms with Crippen LogP contribution in [-0.4, -0.2) is 49.5 Å². The van der Waals surface area contributed by atoms with Gasteiger partial charge < -0.3 is 15.0 Å². The van der Waals surface area contributed by atoms with Gasteiger partial charge in [-0.1, -0.05) is 6.92 Å². The van der Waals surface area contributed by atoms with E-state index in [1.54, 1.807) is 6.07 Å². The molecule has 0 saturated carbocycles. The van der Waals surface area contributed by atoms with Gasteiger partial charge in [-0.25, -0.2) is 4.79 Å². The van der Waals surface area contributed by atoms with Crippen LogP contribution in [0.5, 0.6) is 0 Å². The van der Waals surface area contributed by atoms with Crippen molar-refractivity contribution in [3.05, 3.63) is 17.8 Å². The summed E-state index contributed by atoms with van der Waals surface area (Å²) in [5, 5.41) is 11.5. The molecule has 1 aromatic rings. The molecule has 1 aliphatic heterocycles. The van der Waals surface area contributed by atoms with Gasteiger partial charge in [0.05, 0.1) is 7.11 Å². The predicted octanol–water partition coefficient (Wildman–Crippen LogP) is 1.48. The normalized spacial score (nSPS) is 15.7. The lowest BCUT2D eigenvalue weighted by Gasteiger charge is -2.30. The molecule has 0 atom stereocenters. The number of rotatable bonds is 6. The van der Waals surface area contributed by atoms with Gasteiger partial charge in [-0.05, 0) is 50.4 Å². The molecule has 0 unspecified atom stereocenters. The molecule has 6 heteroatoms. The Bertz CT molecular complexity index is 443. The number of ether oxygens (including phenoxy) is 1. The number of nitrogens with zero attached hydrogens (tertiary/aromatic N) is 3. The molecule has 116 valence electrons. The number of carbonyl (C=O) groups is 1. The summed E-state index contributed by atoms with van der Waals surface area (Å²) >= 11 is 0. The second-order valence-corrected chi connectivity index (χ2v) is 5.41. The van der Waals surface area contributed by atoms with Gasteiger partial charge in [0.15, 0.2) is 11.5 Å². The van der Waals surface area contributed by atoms with E-state index in [-0.39, 0.29) is 5.69 Å². The van der Waals surface area contributed by atoms with Crippen molar-refractivity contribution in [1.82, 2.24) is 15.5 Å². The number of hydrogen-bond acceptors (Lipinski definition) is 6. The first-order valence-corrected chi connectivity index (χ1v) is 7.62. The van der Waals surface area contributed by atoms with E-state index in [9.17, 15) is 4.79 Å². The molecule has 1 saturated heterocycles. The van der Waals surface area contributed by atoms with Crippen LogP contribution >= 0.6 is 0 Å². The number of carbonyl (C=O) groups excluding carboxylic acids is 1. The fourth-order valence-corrected chi connectivity index (χ4v) is 2.65. The topological polar surface area (TPSA) is 67.4 Å². The van der Waals surface area contributed by atoms with Crippen LogP contribution < -0.4 is 10.2 Å². The minimum absolute atomic E-state index is 0.250.